The van der Waals surface area contributed by atoms with E-state index in [-0.39, 0.29) is 5.91 Å². The smallest absolute Gasteiger partial charge is 0.267 e. The number of hydrogen-bond donors (Lipinski definition) is 3. The van der Waals surface area contributed by atoms with Gasteiger partial charge in [-0.3, -0.25) is 10.2 Å². The number of carbonyl (C=O) groups is 1. The molecule has 0 aromatic heterocycles. The number of benzene rings is 1. The van der Waals surface area contributed by atoms with E-state index in [2.05, 4.69) is 33.6 Å². The predicted molar refractivity (Wildman–Crippen MR) is 73.9 cm³/mol. The lowest BCUT2D eigenvalue weighted by Crippen LogP contribution is -2.30. The number of hydrogen-bond acceptors (Lipinski definition) is 3. The molecule has 94 valence electrons. The molecule has 0 radical (unpaired) electrons. The fourth-order valence-corrected chi connectivity index (χ4v) is 2.28. The minimum atomic E-state index is -0.284. The highest BCUT2D eigenvalue weighted by molar-refractivity contribution is 9.10. The predicted octanol–water partition coefficient (Wildman–Crippen LogP) is 2.57. The number of nitrogens with two attached hydrogens (primary N) is 1. The summed E-state index contributed by atoms with van der Waals surface area (Å²) in [6, 6.07) is 3.79. The highest BCUT2D eigenvalue weighted by Crippen LogP contribution is 2.28. The summed E-state index contributed by atoms with van der Waals surface area (Å²) in [6.45, 7) is 4.90. The lowest BCUT2D eigenvalue weighted by atomic mass is 10.1. The standard InChI is InChI=1S/C12H18BrN3O/c1-3-4-5-15-11-9(12(17)16-14)6-8(2)7-10(11)13/h6-7,15H,3-5,14H2,1-2H3,(H,16,17). The molecule has 0 saturated heterocycles. The molecule has 1 aromatic rings. The third kappa shape index (κ3) is 3.71. The van der Waals surface area contributed by atoms with Gasteiger partial charge in [-0.1, -0.05) is 13.3 Å². The van der Waals surface area contributed by atoms with Gasteiger partial charge in [0.2, 0.25) is 0 Å². The van der Waals surface area contributed by atoms with Crippen molar-refractivity contribution in [3.8, 4) is 0 Å². The molecule has 0 bridgehead atoms. The van der Waals surface area contributed by atoms with Crippen LogP contribution in [0.15, 0.2) is 16.6 Å². The van der Waals surface area contributed by atoms with Crippen molar-refractivity contribution in [3.63, 3.8) is 0 Å². The van der Waals surface area contributed by atoms with Crippen LogP contribution in [0.25, 0.3) is 0 Å². The average Bonchev–Trinajstić information content (AvgIpc) is 2.30. The molecular formula is C12H18BrN3O. The molecule has 0 aliphatic rings. The molecule has 4 nitrogen and oxygen atoms in total. The summed E-state index contributed by atoms with van der Waals surface area (Å²) in [5, 5.41) is 3.26. The fourth-order valence-electron chi connectivity index (χ4n) is 1.57. The topological polar surface area (TPSA) is 67.2 Å². The third-order valence-corrected chi connectivity index (χ3v) is 3.07. The van der Waals surface area contributed by atoms with Crippen LogP contribution in [0, 0.1) is 6.92 Å². The van der Waals surface area contributed by atoms with Crippen molar-refractivity contribution in [2.24, 2.45) is 5.84 Å². The van der Waals surface area contributed by atoms with Crippen LogP contribution in [0.5, 0.6) is 0 Å². The van der Waals surface area contributed by atoms with Gasteiger partial charge in [0.1, 0.15) is 0 Å². The molecule has 0 heterocycles. The number of aryl methyl sites for hydroxylation is 1. The van der Waals surface area contributed by atoms with Crippen LogP contribution in [0.3, 0.4) is 0 Å². The maximum Gasteiger partial charge on any atom is 0.267 e. The second-order valence-corrected chi connectivity index (χ2v) is 4.78. The molecule has 5 heteroatoms. The van der Waals surface area contributed by atoms with Gasteiger partial charge in [0.15, 0.2) is 0 Å². The van der Waals surface area contributed by atoms with Gasteiger partial charge in [0.25, 0.3) is 5.91 Å². The average molecular weight is 300 g/mol. The van der Waals surface area contributed by atoms with Gasteiger partial charge in [-0.25, -0.2) is 5.84 Å². The Kier molecular flexibility index (Phi) is 5.44. The van der Waals surface area contributed by atoms with Crippen LogP contribution < -0.4 is 16.6 Å². The van der Waals surface area contributed by atoms with Gasteiger partial charge in [-0.15, -0.1) is 0 Å². The van der Waals surface area contributed by atoms with Crippen molar-refractivity contribution in [3.05, 3.63) is 27.7 Å². The highest BCUT2D eigenvalue weighted by atomic mass is 79.9. The first-order valence-electron chi connectivity index (χ1n) is 5.65. The summed E-state index contributed by atoms with van der Waals surface area (Å²) in [5.41, 5.74) is 4.54. The van der Waals surface area contributed by atoms with Gasteiger partial charge in [-0.2, -0.15) is 0 Å². The maximum atomic E-state index is 11.7. The molecule has 1 rings (SSSR count). The molecule has 1 amide bonds. The number of unbranched alkanes of at least 4 members (excludes halogenated alkanes) is 1. The lowest BCUT2D eigenvalue weighted by molar-refractivity contribution is 0.0954. The molecular weight excluding hydrogens is 282 g/mol. The quantitative estimate of drug-likeness (QED) is 0.339. The summed E-state index contributed by atoms with van der Waals surface area (Å²) in [4.78, 5) is 11.7. The number of anilines is 1. The molecule has 0 saturated carbocycles. The number of nitrogen functional groups attached to an aromatic ring is 1. The molecule has 4 N–H and O–H groups in total. The molecule has 0 aliphatic heterocycles. The number of nitrogens with one attached hydrogen (secondary N) is 2. The zero-order chi connectivity index (χ0) is 12.8. The second kappa shape index (κ2) is 6.61. The van der Waals surface area contributed by atoms with E-state index < -0.39 is 0 Å². The Bertz CT molecular complexity index is 407. The van der Waals surface area contributed by atoms with E-state index in [1.165, 1.54) is 0 Å². The Morgan fingerprint density at radius 1 is 1.47 bits per heavy atom. The van der Waals surface area contributed by atoms with E-state index in [0.717, 1.165) is 35.1 Å². The summed E-state index contributed by atoms with van der Waals surface area (Å²) in [5.74, 6) is 4.90. The Balaban J connectivity index is 3.03. The zero-order valence-corrected chi connectivity index (χ0v) is 11.7. The van der Waals surface area contributed by atoms with E-state index in [1.54, 1.807) is 0 Å². The van der Waals surface area contributed by atoms with Crippen LogP contribution in [0.4, 0.5) is 5.69 Å². The number of hydrazine groups is 1. The molecule has 17 heavy (non-hydrogen) atoms. The summed E-state index contributed by atoms with van der Waals surface area (Å²) >= 11 is 3.46. The van der Waals surface area contributed by atoms with E-state index in [1.807, 2.05) is 19.1 Å². The number of carbonyl (C=O) groups excluding carboxylic acids is 1. The van der Waals surface area contributed by atoms with E-state index in [4.69, 9.17) is 5.84 Å². The largest absolute Gasteiger partial charge is 0.383 e. The van der Waals surface area contributed by atoms with Crippen molar-refractivity contribution in [1.82, 2.24) is 5.43 Å². The Morgan fingerprint density at radius 3 is 2.76 bits per heavy atom. The lowest BCUT2D eigenvalue weighted by Gasteiger charge is -2.14. The highest BCUT2D eigenvalue weighted by Gasteiger charge is 2.13. The summed E-state index contributed by atoms with van der Waals surface area (Å²) in [6.07, 6.45) is 2.17. The first-order valence-corrected chi connectivity index (χ1v) is 6.44. The molecule has 0 atom stereocenters. The van der Waals surface area contributed by atoms with Gasteiger partial charge >= 0.3 is 0 Å². The number of halogens is 1. The SMILES string of the molecule is CCCCNc1c(Br)cc(C)cc1C(=O)NN. The van der Waals surface area contributed by atoms with Gasteiger partial charge in [0, 0.05) is 11.0 Å². The van der Waals surface area contributed by atoms with Crippen molar-refractivity contribution >= 4 is 27.5 Å². The van der Waals surface area contributed by atoms with Crippen LogP contribution in [-0.2, 0) is 0 Å². The maximum absolute atomic E-state index is 11.7. The molecule has 1 aromatic carbocycles. The second-order valence-electron chi connectivity index (χ2n) is 3.92. The van der Waals surface area contributed by atoms with E-state index >= 15 is 0 Å². The Hall–Kier alpha value is -1.07. The number of rotatable bonds is 5. The minimum Gasteiger partial charge on any atom is -0.383 e. The van der Waals surface area contributed by atoms with Crippen molar-refractivity contribution in [2.75, 3.05) is 11.9 Å². The Labute approximate surface area is 110 Å². The summed E-state index contributed by atoms with van der Waals surface area (Å²) < 4.78 is 0.882. The minimum absolute atomic E-state index is 0.284. The van der Waals surface area contributed by atoms with Crippen molar-refractivity contribution in [1.29, 1.82) is 0 Å². The third-order valence-electron chi connectivity index (χ3n) is 2.44. The first kappa shape index (κ1) is 14.0. The van der Waals surface area contributed by atoms with Crippen molar-refractivity contribution < 1.29 is 4.79 Å². The van der Waals surface area contributed by atoms with Gasteiger partial charge < -0.3 is 5.32 Å². The van der Waals surface area contributed by atoms with E-state index in [9.17, 15) is 4.79 Å². The number of amides is 1. The molecule has 0 unspecified atom stereocenters. The van der Waals surface area contributed by atoms with Gasteiger partial charge in [0.05, 0.1) is 11.3 Å². The monoisotopic (exact) mass is 299 g/mol. The first-order chi connectivity index (χ1) is 8.10. The zero-order valence-electron chi connectivity index (χ0n) is 10.1. The Morgan fingerprint density at radius 2 is 2.18 bits per heavy atom. The van der Waals surface area contributed by atoms with Crippen LogP contribution in [0.2, 0.25) is 0 Å². The molecule has 0 aliphatic carbocycles. The van der Waals surface area contributed by atoms with Crippen LogP contribution >= 0.6 is 15.9 Å². The van der Waals surface area contributed by atoms with E-state index in [0.29, 0.717) is 5.56 Å². The molecule has 0 fully saturated rings. The van der Waals surface area contributed by atoms with Gasteiger partial charge in [-0.05, 0) is 47.0 Å². The fraction of sp³-hybridized carbons (Fsp3) is 0.417. The van der Waals surface area contributed by atoms with Crippen molar-refractivity contribution in [2.45, 2.75) is 26.7 Å². The van der Waals surface area contributed by atoms with Crippen LogP contribution in [0.1, 0.15) is 35.7 Å². The molecule has 0 spiro atoms. The summed E-state index contributed by atoms with van der Waals surface area (Å²) in [7, 11) is 0. The normalized spacial score (nSPS) is 10.1. The van der Waals surface area contributed by atoms with Crippen LogP contribution in [-0.4, -0.2) is 12.5 Å².